The third-order valence-electron chi connectivity index (χ3n) is 2.58. The number of benzene rings is 1. The van der Waals surface area contributed by atoms with Crippen LogP contribution in [0.3, 0.4) is 0 Å². The first-order valence-corrected chi connectivity index (χ1v) is 5.98. The smallest absolute Gasteiger partial charge is 0.252 e. The number of hydrogen-bond acceptors (Lipinski definition) is 4. The molecule has 6 heteroatoms. The number of carbonyl (C=O) groups excluding carboxylic acids is 1. The normalized spacial score (nSPS) is 10.2. The van der Waals surface area contributed by atoms with Crippen molar-refractivity contribution in [1.82, 2.24) is 4.98 Å². The number of rotatable bonds is 4. The third kappa shape index (κ3) is 3.14. The molecule has 1 amide bonds. The number of carbonyl (C=O) groups is 1. The Labute approximate surface area is 115 Å². The largest absolute Gasteiger partial charge is 0.397 e. The van der Waals surface area contributed by atoms with Crippen molar-refractivity contribution in [3.8, 4) is 0 Å². The second-order valence-electron chi connectivity index (χ2n) is 3.97. The Kier molecular flexibility index (Phi) is 3.87. The Hall–Kier alpha value is -2.27. The standard InChI is InChI=1S/C13H13ClN4O/c14-11-4-2-1-3-8(11)6-17-13-10(12(16)19)5-9(15)7-18-13/h1-5,7H,6,15H2,(H2,16,19)(H,17,18). The number of anilines is 2. The van der Waals surface area contributed by atoms with Gasteiger partial charge in [0.25, 0.3) is 5.91 Å². The molecule has 1 aromatic heterocycles. The van der Waals surface area contributed by atoms with E-state index in [1.165, 1.54) is 12.3 Å². The number of aromatic nitrogens is 1. The van der Waals surface area contributed by atoms with Gasteiger partial charge in [-0.3, -0.25) is 4.79 Å². The van der Waals surface area contributed by atoms with Crippen LogP contribution in [0.15, 0.2) is 36.5 Å². The second-order valence-corrected chi connectivity index (χ2v) is 4.38. The minimum Gasteiger partial charge on any atom is -0.397 e. The van der Waals surface area contributed by atoms with Crippen molar-refractivity contribution in [2.75, 3.05) is 11.1 Å². The molecular formula is C13H13ClN4O. The van der Waals surface area contributed by atoms with Crippen LogP contribution >= 0.6 is 11.6 Å². The maximum atomic E-state index is 11.3. The molecule has 5 N–H and O–H groups in total. The predicted octanol–water partition coefficient (Wildman–Crippen LogP) is 2.03. The van der Waals surface area contributed by atoms with Crippen LogP contribution in [-0.2, 0) is 6.54 Å². The highest BCUT2D eigenvalue weighted by atomic mass is 35.5. The molecule has 0 fully saturated rings. The number of nitrogens with zero attached hydrogens (tertiary/aromatic N) is 1. The molecule has 0 aliphatic carbocycles. The molecule has 98 valence electrons. The zero-order chi connectivity index (χ0) is 13.8. The van der Waals surface area contributed by atoms with E-state index in [0.29, 0.717) is 23.1 Å². The fraction of sp³-hybridized carbons (Fsp3) is 0.0769. The van der Waals surface area contributed by atoms with E-state index in [1.54, 1.807) is 6.07 Å². The summed E-state index contributed by atoms with van der Waals surface area (Å²) in [7, 11) is 0. The van der Waals surface area contributed by atoms with Crippen molar-refractivity contribution in [3.63, 3.8) is 0 Å². The van der Waals surface area contributed by atoms with E-state index >= 15 is 0 Å². The van der Waals surface area contributed by atoms with Crippen LogP contribution in [0.25, 0.3) is 0 Å². The van der Waals surface area contributed by atoms with Gasteiger partial charge in [-0.2, -0.15) is 0 Å². The number of amides is 1. The summed E-state index contributed by atoms with van der Waals surface area (Å²) in [5, 5.41) is 3.67. The molecule has 0 radical (unpaired) electrons. The first-order valence-electron chi connectivity index (χ1n) is 5.60. The van der Waals surface area contributed by atoms with Crippen molar-refractivity contribution in [1.29, 1.82) is 0 Å². The van der Waals surface area contributed by atoms with Gasteiger partial charge >= 0.3 is 0 Å². The molecule has 2 aromatic rings. The summed E-state index contributed by atoms with van der Waals surface area (Å²) in [4.78, 5) is 15.4. The molecule has 0 saturated carbocycles. The minimum absolute atomic E-state index is 0.257. The lowest BCUT2D eigenvalue weighted by molar-refractivity contribution is 0.100. The van der Waals surface area contributed by atoms with Gasteiger partial charge in [0.1, 0.15) is 5.82 Å². The highest BCUT2D eigenvalue weighted by molar-refractivity contribution is 6.31. The molecule has 2 rings (SSSR count). The lowest BCUT2D eigenvalue weighted by Crippen LogP contribution is -2.16. The highest BCUT2D eigenvalue weighted by Crippen LogP contribution is 2.19. The molecule has 5 nitrogen and oxygen atoms in total. The molecule has 0 bridgehead atoms. The zero-order valence-electron chi connectivity index (χ0n) is 10.1. The highest BCUT2D eigenvalue weighted by Gasteiger charge is 2.10. The monoisotopic (exact) mass is 276 g/mol. The number of pyridine rings is 1. The lowest BCUT2D eigenvalue weighted by atomic mass is 10.2. The Morgan fingerprint density at radius 1 is 1.37 bits per heavy atom. The summed E-state index contributed by atoms with van der Waals surface area (Å²) >= 11 is 6.05. The summed E-state index contributed by atoms with van der Waals surface area (Å²) in [6, 6.07) is 8.90. The number of nitrogens with one attached hydrogen (secondary N) is 1. The average molecular weight is 277 g/mol. The fourth-order valence-corrected chi connectivity index (χ4v) is 1.83. The predicted molar refractivity (Wildman–Crippen MR) is 75.9 cm³/mol. The van der Waals surface area contributed by atoms with Crippen LogP contribution in [0, 0.1) is 0 Å². The van der Waals surface area contributed by atoms with Crippen molar-refractivity contribution in [2.24, 2.45) is 5.73 Å². The van der Waals surface area contributed by atoms with Gasteiger partial charge in [-0.15, -0.1) is 0 Å². The van der Waals surface area contributed by atoms with E-state index in [9.17, 15) is 4.79 Å². The summed E-state index contributed by atoms with van der Waals surface area (Å²) in [5.74, 6) is -0.192. The van der Waals surface area contributed by atoms with E-state index < -0.39 is 5.91 Å². The average Bonchev–Trinajstić information content (AvgIpc) is 2.38. The van der Waals surface area contributed by atoms with Crippen molar-refractivity contribution < 1.29 is 4.79 Å². The van der Waals surface area contributed by atoms with Crippen LogP contribution in [-0.4, -0.2) is 10.9 Å². The summed E-state index contributed by atoms with van der Waals surface area (Å²) in [5.41, 5.74) is 12.4. The van der Waals surface area contributed by atoms with Crippen LogP contribution in [0.1, 0.15) is 15.9 Å². The number of nitrogens with two attached hydrogens (primary N) is 2. The fourth-order valence-electron chi connectivity index (χ4n) is 1.63. The summed E-state index contributed by atoms with van der Waals surface area (Å²) < 4.78 is 0. The number of hydrogen-bond donors (Lipinski definition) is 3. The van der Waals surface area contributed by atoms with E-state index in [1.807, 2.05) is 18.2 Å². The van der Waals surface area contributed by atoms with Gasteiger partial charge in [0.15, 0.2) is 0 Å². The van der Waals surface area contributed by atoms with E-state index in [2.05, 4.69) is 10.3 Å². The molecule has 0 aliphatic heterocycles. The van der Waals surface area contributed by atoms with Gasteiger partial charge in [0.2, 0.25) is 0 Å². The van der Waals surface area contributed by atoms with Gasteiger partial charge < -0.3 is 16.8 Å². The van der Waals surface area contributed by atoms with Crippen LogP contribution < -0.4 is 16.8 Å². The molecule has 1 aromatic carbocycles. The second kappa shape index (κ2) is 5.58. The topological polar surface area (TPSA) is 94.0 Å². The van der Waals surface area contributed by atoms with E-state index in [4.69, 9.17) is 23.1 Å². The van der Waals surface area contributed by atoms with Crippen LogP contribution in [0.4, 0.5) is 11.5 Å². The van der Waals surface area contributed by atoms with Gasteiger partial charge in [-0.05, 0) is 17.7 Å². The number of primary amides is 1. The lowest BCUT2D eigenvalue weighted by Gasteiger charge is -2.10. The zero-order valence-corrected chi connectivity index (χ0v) is 10.8. The van der Waals surface area contributed by atoms with Gasteiger partial charge in [-0.25, -0.2) is 4.98 Å². The van der Waals surface area contributed by atoms with Gasteiger partial charge in [0.05, 0.1) is 17.4 Å². The van der Waals surface area contributed by atoms with E-state index in [0.717, 1.165) is 5.56 Å². The molecule has 0 aliphatic rings. The SMILES string of the molecule is NC(=O)c1cc(N)cnc1NCc1ccccc1Cl. The molecule has 0 spiro atoms. The Morgan fingerprint density at radius 2 is 2.11 bits per heavy atom. The molecular weight excluding hydrogens is 264 g/mol. The molecule has 0 saturated heterocycles. The summed E-state index contributed by atoms with van der Waals surface area (Å²) in [6.45, 7) is 0.441. The Morgan fingerprint density at radius 3 is 2.79 bits per heavy atom. The number of nitrogen functional groups attached to an aromatic ring is 1. The molecule has 0 unspecified atom stereocenters. The minimum atomic E-state index is -0.582. The molecule has 0 atom stereocenters. The molecule has 19 heavy (non-hydrogen) atoms. The Balaban J connectivity index is 2.20. The first-order chi connectivity index (χ1) is 9.08. The van der Waals surface area contributed by atoms with Crippen molar-refractivity contribution in [2.45, 2.75) is 6.54 Å². The van der Waals surface area contributed by atoms with Crippen molar-refractivity contribution in [3.05, 3.63) is 52.7 Å². The quantitative estimate of drug-likeness (QED) is 0.796. The van der Waals surface area contributed by atoms with Crippen LogP contribution in [0.2, 0.25) is 5.02 Å². The first kappa shape index (κ1) is 13.2. The van der Waals surface area contributed by atoms with Gasteiger partial charge in [-0.1, -0.05) is 29.8 Å². The molecule has 1 heterocycles. The Bertz CT molecular complexity index is 615. The van der Waals surface area contributed by atoms with Crippen molar-refractivity contribution >= 4 is 29.0 Å². The summed E-state index contributed by atoms with van der Waals surface area (Å²) in [6.07, 6.45) is 1.46. The maximum Gasteiger partial charge on any atom is 0.252 e. The third-order valence-corrected chi connectivity index (χ3v) is 2.95. The van der Waals surface area contributed by atoms with E-state index in [-0.39, 0.29) is 5.56 Å². The van der Waals surface area contributed by atoms with Crippen LogP contribution in [0.5, 0.6) is 0 Å². The van der Waals surface area contributed by atoms with Gasteiger partial charge in [0, 0.05) is 11.6 Å². The number of halogens is 1. The maximum absolute atomic E-state index is 11.3.